The van der Waals surface area contributed by atoms with Crippen molar-refractivity contribution in [2.45, 2.75) is 38.5 Å². The molecular formula is C16H20N4O2. The molecule has 1 saturated carbocycles. The summed E-state index contributed by atoms with van der Waals surface area (Å²) in [5.74, 6) is 1.36. The van der Waals surface area contributed by atoms with Crippen molar-refractivity contribution < 1.29 is 9.21 Å². The Balaban J connectivity index is 1.48. The molecule has 1 aliphatic carbocycles. The van der Waals surface area contributed by atoms with Gasteiger partial charge in [0, 0.05) is 36.8 Å². The van der Waals surface area contributed by atoms with Crippen LogP contribution in [-0.4, -0.2) is 27.6 Å². The van der Waals surface area contributed by atoms with E-state index in [2.05, 4.69) is 20.5 Å². The molecule has 1 N–H and O–H groups in total. The fourth-order valence-electron chi connectivity index (χ4n) is 2.77. The molecule has 0 radical (unpaired) electrons. The van der Waals surface area contributed by atoms with Crippen molar-refractivity contribution in [1.29, 1.82) is 0 Å². The number of nitrogens with zero attached hydrogens (tertiary/aromatic N) is 3. The highest BCUT2D eigenvalue weighted by Crippen LogP contribution is 2.23. The van der Waals surface area contributed by atoms with E-state index in [1.165, 1.54) is 6.42 Å². The average Bonchev–Trinajstić information content (AvgIpc) is 3.05. The van der Waals surface area contributed by atoms with Crippen LogP contribution in [0.1, 0.15) is 38.0 Å². The highest BCUT2D eigenvalue weighted by molar-refractivity contribution is 5.78. The molecule has 0 spiro atoms. The zero-order valence-corrected chi connectivity index (χ0v) is 12.5. The average molecular weight is 300 g/mol. The van der Waals surface area contributed by atoms with Crippen molar-refractivity contribution in [2.24, 2.45) is 5.92 Å². The quantitative estimate of drug-likeness (QED) is 0.916. The van der Waals surface area contributed by atoms with E-state index in [0.717, 1.165) is 31.2 Å². The molecule has 1 amide bonds. The minimum atomic E-state index is 0.161. The molecule has 0 bridgehead atoms. The van der Waals surface area contributed by atoms with E-state index < -0.39 is 0 Å². The number of amides is 1. The number of hydrogen-bond acceptors (Lipinski definition) is 5. The Labute approximate surface area is 129 Å². The Morgan fingerprint density at radius 1 is 1.18 bits per heavy atom. The van der Waals surface area contributed by atoms with Gasteiger partial charge in [0.2, 0.25) is 17.7 Å². The zero-order chi connectivity index (χ0) is 15.2. The molecule has 1 aliphatic rings. The first-order chi connectivity index (χ1) is 10.8. The van der Waals surface area contributed by atoms with Gasteiger partial charge in [-0.1, -0.05) is 19.3 Å². The van der Waals surface area contributed by atoms with E-state index >= 15 is 0 Å². The summed E-state index contributed by atoms with van der Waals surface area (Å²) in [7, 11) is 0. The maximum atomic E-state index is 12.0. The number of hydrogen-bond donors (Lipinski definition) is 1. The zero-order valence-electron chi connectivity index (χ0n) is 12.5. The van der Waals surface area contributed by atoms with Gasteiger partial charge < -0.3 is 9.73 Å². The molecular weight excluding hydrogens is 280 g/mol. The van der Waals surface area contributed by atoms with Crippen LogP contribution < -0.4 is 5.32 Å². The summed E-state index contributed by atoms with van der Waals surface area (Å²) in [5, 5.41) is 11.0. The Hall–Kier alpha value is -2.24. The van der Waals surface area contributed by atoms with Crippen LogP contribution in [0.2, 0.25) is 0 Å². The summed E-state index contributed by atoms with van der Waals surface area (Å²) in [6.45, 7) is 0.535. The number of pyridine rings is 1. The smallest absolute Gasteiger partial charge is 0.247 e. The van der Waals surface area contributed by atoms with Gasteiger partial charge in [0.15, 0.2) is 0 Å². The minimum Gasteiger partial charge on any atom is -0.421 e. The maximum absolute atomic E-state index is 12.0. The molecule has 2 aromatic rings. The molecule has 1 fully saturated rings. The van der Waals surface area contributed by atoms with Crippen molar-refractivity contribution in [2.75, 3.05) is 6.54 Å². The minimum absolute atomic E-state index is 0.161. The molecule has 0 atom stereocenters. The molecule has 0 saturated heterocycles. The second-order valence-electron chi connectivity index (χ2n) is 5.61. The predicted molar refractivity (Wildman–Crippen MR) is 80.8 cm³/mol. The molecule has 6 nitrogen and oxygen atoms in total. The molecule has 0 aliphatic heterocycles. The van der Waals surface area contributed by atoms with Crippen molar-refractivity contribution >= 4 is 5.91 Å². The van der Waals surface area contributed by atoms with Crippen LogP contribution in [0.25, 0.3) is 11.5 Å². The van der Waals surface area contributed by atoms with Crippen LogP contribution in [-0.2, 0) is 11.2 Å². The third-order valence-electron chi connectivity index (χ3n) is 4.01. The largest absolute Gasteiger partial charge is 0.421 e. The topological polar surface area (TPSA) is 80.9 Å². The predicted octanol–water partition coefficient (Wildman–Crippen LogP) is 2.37. The van der Waals surface area contributed by atoms with E-state index in [9.17, 15) is 4.79 Å². The summed E-state index contributed by atoms with van der Waals surface area (Å²) in [6, 6.07) is 3.64. The molecule has 116 valence electrons. The van der Waals surface area contributed by atoms with Gasteiger partial charge in [0.25, 0.3) is 0 Å². The van der Waals surface area contributed by atoms with Gasteiger partial charge in [0.05, 0.1) is 0 Å². The standard InChI is InChI=1S/C16H20N4O2/c21-15(12-4-2-1-3-5-12)18-11-8-14-19-20-16(22-14)13-6-9-17-10-7-13/h6-7,9-10,12H,1-5,8,11H2,(H,18,21). The van der Waals surface area contributed by atoms with E-state index in [-0.39, 0.29) is 11.8 Å². The first-order valence-corrected chi connectivity index (χ1v) is 7.83. The Morgan fingerprint density at radius 2 is 1.95 bits per heavy atom. The normalized spacial score (nSPS) is 15.6. The number of nitrogens with one attached hydrogen (secondary N) is 1. The highest BCUT2D eigenvalue weighted by Gasteiger charge is 2.20. The lowest BCUT2D eigenvalue weighted by Crippen LogP contribution is -2.33. The summed E-state index contributed by atoms with van der Waals surface area (Å²) < 4.78 is 5.60. The molecule has 2 heterocycles. The highest BCUT2D eigenvalue weighted by atomic mass is 16.4. The Bertz CT molecular complexity index is 606. The molecule has 2 aromatic heterocycles. The SMILES string of the molecule is O=C(NCCc1nnc(-c2ccncc2)o1)C1CCCCC1. The van der Waals surface area contributed by atoms with Crippen LogP contribution >= 0.6 is 0 Å². The number of carbonyl (C=O) groups excluding carboxylic acids is 1. The fourth-order valence-corrected chi connectivity index (χ4v) is 2.77. The van der Waals surface area contributed by atoms with Gasteiger partial charge in [0.1, 0.15) is 0 Å². The second-order valence-corrected chi connectivity index (χ2v) is 5.61. The van der Waals surface area contributed by atoms with E-state index in [0.29, 0.717) is 24.7 Å². The molecule has 0 unspecified atom stereocenters. The van der Waals surface area contributed by atoms with E-state index in [1.54, 1.807) is 12.4 Å². The maximum Gasteiger partial charge on any atom is 0.247 e. The summed E-state index contributed by atoms with van der Waals surface area (Å²) in [5.41, 5.74) is 0.847. The van der Waals surface area contributed by atoms with Crippen LogP contribution in [0.15, 0.2) is 28.9 Å². The number of carbonyl (C=O) groups is 1. The van der Waals surface area contributed by atoms with Crippen molar-refractivity contribution in [3.8, 4) is 11.5 Å². The summed E-state index contributed by atoms with van der Waals surface area (Å²) >= 11 is 0. The second kappa shape index (κ2) is 7.15. The number of aromatic nitrogens is 3. The van der Waals surface area contributed by atoms with Gasteiger partial charge in [-0.05, 0) is 25.0 Å². The third kappa shape index (κ3) is 3.69. The lowest BCUT2D eigenvalue weighted by atomic mass is 9.89. The molecule has 22 heavy (non-hydrogen) atoms. The van der Waals surface area contributed by atoms with Crippen molar-refractivity contribution in [3.05, 3.63) is 30.4 Å². The first-order valence-electron chi connectivity index (χ1n) is 7.83. The Kier molecular flexibility index (Phi) is 4.78. The van der Waals surface area contributed by atoms with Gasteiger partial charge in [-0.2, -0.15) is 0 Å². The lowest BCUT2D eigenvalue weighted by molar-refractivity contribution is -0.125. The number of rotatable bonds is 5. The van der Waals surface area contributed by atoms with Crippen LogP contribution in [0.4, 0.5) is 0 Å². The van der Waals surface area contributed by atoms with Gasteiger partial charge in [-0.15, -0.1) is 10.2 Å². The van der Waals surface area contributed by atoms with Crippen molar-refractivity contribution in [3.63, 3.8) is 0 Å². The summed E-state index contributed by atoms with van der Waals surface area (Å²) in [4.78, 5) is 16.0. The van der Waals surface area contributed by atoms with Crippen molar-refractivity contribution in [1.82, 2.24) is 20.5 Å². The third-order valence-corrected chi connectivity index (χ3v) is 4.01. The van der Waals surface area contributed by atoms with E-state index in [4.69, 9.17) is 4.42 Å². The first kappa shape index (κ1) is 14.7. The van der Waals surface area contributed by atoms with Crippen LogP contribution in [0.3, 0.4) is 0 Å². The monoisotopic (exact) mass is 300 g/mol. The van der Waals surface area contributed by atoms with Gasteiger partial charge >= 0.3 is 0 Å². The van der Waals surface area contributed by atoms with Gasteiger partial charge in [-0.25, -0.2) is 0 Å². The Morgan fingerprint density at radius 3 is 2.73 bits per heavy atom. The molecule has 0 aromatic carbocycles. The lowest BCUT2D eigenvalue weighted by Gasteiger charge is -2.20. The van der Waals surface area contributed by atoms with Crippen LogP contribution in [0, 0.1) is 5.92 Å². The van der Waals surface area contributed by atoms with Crippen LogP contribution in [0.5, 0.6) is 0 Å². The van der Waals surface area contributed by atoms with Gasteiger partial charge in [-0.3, -0.25) is 9.78 Å². The van der Waals surface area contributed by atoms with E-state index in [1.807, 2.05) is 12.1 Å². The fraction of sp³-hybridized carbons (Fsp3) is 0.500. The summed E-state index contributed by atoms with van der Waals surface area (Å²) in [6.07, 6.45) is 9.53. The molecule has 6 heteroatoms. The molecule has 3 rings (SSSR count).